The number of aliphatic carboxylic acids is 1. The summed E-state index contributed by atoms with van der Waals surface area (Å²) in [5.74, 6) is -0.287. The van der Waals surface area contributed by atoms with E-state index in [-0.39, 0.29) is 11.6 Å². The number of rotatable bonds is 4. The number of carbonyl (C=O) groups excluding carboxylic acids is 1. The summed E-state index contributed by atoms with van der Waals surface area (Å²) in [7, 11) is 0. The Morgan fingerprint density at radius 2 is 2.15 bits per heavy atom. The molecule has 1 aromatic heterocycles. The number of aliphatic imine (C=N–C) groups is 1. The highest BCUT2D eigenvalue weighted by Crippen LogP contribution is 2.25. The highest BCUT2D eigenvalue weighted by Gasteiger charge is 2.26. The van der Waals surface area contributed by atoms with Crippen LogP contribution in [0.25, 0.3) is 0 Å². The van der Waals surface area contributed by atoms with Crippen molar-refractivity contribution < 1.29 is 14.7 Å². The number of carboxylic acid groups (broad SMARTS) is 1. The van der Waals surface area contributed by atoms with Gasteiger partial charge in [-0.2, -0.15) is 0 Å². The second kappa shape index (κ2) is 7.55. The number of carbonyl (C=O) groups is 2. The molecule has 0 atom stereocenters. The van der Waals surface area contributed by atoms with Gasteiger partial charge in [-0.15, -0.1) is 0 Å². The van der Waals surface area contributed by atoms with E-state index < -0.39 is 5.97 Å². The van der Waals surface area contributed by atoms with Crippen molar-refractivity contribution in [3.63, 3.8) is 0 Å². The molecule has 3 N–H and O–H groups in total. The first kappa shape index (κ1) is 17.9. The third kappa shape index (κ3) is 3.54. The Labute approximate surface area is 152 Å². The summed E-state index contributed by atoms with van der Waals surface area (Å²) in [4.78, 5) is 35.7. The smallest absolute Gasteiger partial charge is 0.352 e. The molecule has 3 rings (SSSR count). The van der Waals surface area contributed by atoms with Crippen LogP contribution >= 0.6 is 0 Å². The number of aromatic nitrogens is 1. The van der Waals surface area contributed by atoms with E-state index >= 15 is 0 Å². The molecular weight excluding hydrogens is 334 g/mol. The zero-order chi connectivity index (χ0) is 18.7. The summed E-state index contributed by atoms with van der Waals surface area (Å²) in [6, 6.07) is 3.74. The summed E-state index contributed by atoms with van der Waals surface area (Å²) < 4.78 is 0. The van der Waals surface area contributed by atoms with E-state index in [9.17, 15) is 14.7 Å². The summed E-state index contributed by atoms with van der Waals surface area (Å²) >= 11 is 0. The van der Waals surface area contributed by atoms with Gasteiger partial charge in [-0.25, -0.2) is 9.78 Å². The van der Waals surface area contributed by atoms with Gasteiger partial charge < -0.3 is 20.6 Å². The number of anilines is 2. The standard InChI is InChI=1S/C18H23N5O3/c1-2-20-14-7-9-22(11-13(14)17(19)18(25)26)15-6-5-12(10-21-15)23-8-3-4-16(23)24/h5-6,10H,2-4,7-9,11,19H2,1H3,(H,25,26)/b17-13-,20-14?. The molecule has 0 bridgehead atoms. The highest BCUT2D eigenvalue weighted by atomic mass is 16.4. The van der Waals surface area contributed by atoms with Gasteiger partial charge in [-0.05, 0) is 25.5 Å². The summed E-state index contributed by atoms with van der Waals surface area (Å²) in [5.41, 5.74) is 7.71. The second-order valence-corrected chi connectivity index (χ2v) is 6.31. The Hall–Kier alpha value is -2.90. The van der Waals surface area contributed by atoms with Crippen LogP contribution in [0.2, 0.25) is 0 Å². The largest absolute Gasteiger partial charge is 0.477 e. The van der Waals surface area contributed by atoms with E-state index in [0.717, 1.165) is 30.2 Å². The second-order valence-electron chi connectivity index (χ2n) is 6.31. The molecule has 26 heavy (non-hydrogen) atoms. The predicted molar refractivity (Wildman–Crippen MR) is 99.5 cm³/mol. The van der Waals surface area contributed by atoms with Crippen LogP contribution in [-0.2, 0) is 9.59 Å². The molecule has 0 aromatic carbocycles. The molecular formula is C18H23N5O3. The number of hydrogen-bond donors (Lipinski definition) is 2. The van der Waals surface area contributed by atoms with Crippen molar-refractivity contribution >= 4 is 29.1 Å². The van der Waals surface area contributed by atoms with Gasteiger partial charge >= 0.3 is 5.97 Å². The Morgan fingerprint density at radius 3 is 2.73 bits per heavy atom. The number of hydrogen-bond acceptors (Lipinski definition) is 6. The van der Waals surface area contributed by atoms with Crippen LogP contribution in [0.3, 0.4) is 0 Å². The number of pyridine rings is 1. The van der Waals surface area contributed by atoms with Gasteiger partial charge in [-0.1, -0.05) is 0 Å². The van der Waals surface area contributed by atoms with Crippen LogP contribution in [0.5, 0.6) is 0 Å². The Bertz CT molecular complexity index is 770. The average Bonchev–Trinajstić information content (AvgIpc) is 3.08. The van der Waals surface area contributed by atoms with Crippen LogP contribution in [0, 0.1) is 0 Å². The molecule has 8 nitrogen and oxygen atoms in total. The minimum absolute atomic E-state index is 0.123. The maximum absolute atomic E-state index is 11.8. The van der Waals surface area contributed by atoms with E-state index in [1.807, 2.05) is 24.0 Å². The summed E-state index contributed by atoms with van der Waals surface area (Å²) in [6.07, 6.45) is 3.76. The molecule has 1 aromatic rings. The topological polar surface area (TPSA) is 112 Å². The van der Waals surface area contributed by atoms with Gasteiger partial charge in [0.15, 0.2) is 0 Å². The third-order valence-corrected chi connectivity index (χ3v) is 4.66. The lowest BCUT2D eigenvalue weighted by Crippen LogP contribution is -2.39. The maximum atomic E-state index is 11.8. The predicted octanol–water partition coefficient (Wildman–Crippen LogP) is 1.18. The summed E-state index contributed by atoms with van der Waals surface area (Å²) in [6.45, 7) is 4.26. The quantitative estimate of drug-likeness (QED) is 0.783. The lowest BCUT2D eigenvalue weighted by molar-refractivity contribution is -0.132. The Balaban J connectivity index is 1.81. The molecule has 0 saturated carbocycles. The van der Waals surface area contributed by atoms with Gasteiger partial charge in [0.25, 0.3) is 0 Å². The molecule has 0 unspecified atom stereocenters. The molecule has 2 saturated heterocycles. The number of nitrogens with zero attached hydrogens (tertiary/aromatic N) is 4. The molecule has 138 valence electrons. The minimum atomic E-state index is -1.14. The normalized spacial score (nSPS) is 21.4. The van der Waals surface area contributed by atoms with Gasteiger partial charge in [0.05, 0.1) is 11.9 Å². The molecule has 2 aliphatic heterocycles. The fraction of sp³-hybridized carbons (Fsp3) is 0.444. The molecule has 1 amide bonds. The van der Waals surface area contributed by atoms with Gasteiger partial charge in [0.2, 0.25) is 5.91 Å². The molecule has 8 heteroatoms. The zero-order valence-corrected chi connectivity index (χ0v) is 14.8. The number of carboxylic acids is 1. The van der Waals surface area contributed by atoms with Crippen molar-refractivity contribution in [3.05, 3.63) is 29.6 Å². The van der Waals surface area contributed by atoms with Crippen LogP contribution in [0.4, 0.5) is 11.5 Å². The van der Waals surface area contributed by atoms with Crippen LogP contribution in [0.1, 0.15) is 26.2 Å². The van der Waals surface area contributed by atoms with Gasteiger partial charge in [-0.3, -0.25) is 9.79 Å². The van der Waals surface area contributed by atoms with E-state index in [2.05, 4.69) is 9.98 Å². The lowest BCUT2D eigenvalue weighted by atomic mass is 9.99. The maximum Gasteiger partial charge on any atom is 0.352 e. The average molecular weight is 357 g/mol. The van der Waals surface area contributed by atoms with Crippen LogP contribution in [-0.4, -0.2) is 53.9 Å². The molecule has 2 aliphatic rings. The lowest BCUT2D eigenvalue weighted by Gasteiger charge is -2.31. The van der Waals surface area contributed by atoms with Crippen molar-refractivity contribution in [2.24, 2.45) is 10.7 Å². The van der Waals surface area contributed by atoms with Gasteiger partial charge in [0.1, 0.15) is 11.5 Å². The fourth-order valence-corrected chi connectivity index (χ4v) is 3.33. The monoisotopic (exact) mass is 357 g/mol. The highest BCUT2D eigenvalue weighted by molar-refractivity contribution is 6.07. The molecule has 3 heterocycles. The van der Waals surface area contributed by atoms with Crippen molar-refractivity contribution in [2.45, 2.75) is 26.2 Å². The van der Waals surface area contributed by atoms with Crippen molar-refractivity contribution in [1.29, 1.82) is 0 Å². The third-order valence-electron chi connectivity index (χ3n) is 4.66. The Morgan fingerprint density at radius 1 is 1.35 bits per heavy atom. The van der Waals surface area contributed by atoms with Crippen molar-refractivity contribution in [1.82, 2.24) is 4.98 Å². The number of amides is 1. The SMILES string of the molecule is CCN=C1CCN(c2ccc(N3CCCC3=O)cn2)C/C1=C(/N)C(=O)O. The van der Waals surface area contributed by atoms with Crippen molar-refractivity contribution in [3.8, 4) is 0 Å². The van der Waals surface area contributed by atoms with E-state index in [4.69, 9.17) is 5.73 Å². The van der Waals surface area contributed by atoms with Gasteiger partial charge in [0, 0.05) is 50.3 Å². The summed E-state index contributed by atoms with van der Waals surface area (Å²) in [5, 5.41) is 9.25. The van der Waals surface area contributed by atoms with Crippen LogP contribution < -0.4 is 15.5 Å². The molecule has 0 radical (unpaired) electrons. The fourth-order valence-electron chi connectivity index (χ4n) is 3.33. The first-order chi connectivity index (χ1) is 12.5. The van der Waals surface area contributed by atoms with E-state index in [1.54, 1.807) is 11.1 Å². The number of piperidine rings is 1. The molecule has 0 spiro atoms. The van der Waals surface area contributed by atoms with E-state index in [0.29, 0.717) is 38.0 Å². The Kier molecular flexibility index (Phi) is 5.20. The van der Waals surface area contributed by atoms with E-state index in [1.165, 1.54) is 0 Å². The first-order valence-corrected chi connectivity index (χ1v) is 8.78. The number of nitrogens with two attached hydrogens (primary N) is 1. The molecule has 0 aliphatic carbocycles. The molecule has 2 fully saturated rings. The van der Waals surface area contributed by atoms with Crippen molar-refractivity contribution in [2.75, 3.05) is 36.0 Å². The van der Waals surface area contributed by atoms with Crippen LogP contribution in [0.15, 0.2) is 34.6 Å². The first-order valence-electron chi connectivity index (χ1n) is 8.78. The minimum Gasteiger partial charge on any atom is -0.477 e. The zero-order valence-electron chi connectivity index (χ0n) is 14.8.